The van der Waals surface area contributed by atoms with Gasteiger partial charge in [0.1, 0.15) is 0 Å². The number of carbonyl (C=O) groups is 3. The monoisotopic (exact) mass is 444 g/mol. The number of aliphatic hydroxyl groups is 2. The molecule has 0 bridgehead atoms. The van der Waals surface area contributed by atoms with Gasteiger partial charge in [-0.15, -0.1) is 0 Å². The third kappa shape index (κ3) is 67.2. The Hall–Kier alpha value is 0.0800. The average Bonchev–Trinajstić information content (AvgIpc) is 2.53. The molecule has 0 rings (SSSR count). The highest BCUT2D eigenvalue weighted by Gasteiger charge is 1.88. The summed E-state index contributed by atoms with van der Waals surface area (Å²) in [5.74, 6) is -0.781. The highest BCUT2D eigenvalue weighted by molar-refractivity contribution is 8.76. The fraction of sp³-hybridized carbons (Fsp3) is 0.727. The summed E-state index contributed by atoms with van der Waals surface area (Å²) in [4.78, 5) is 28.1. The quantitative estimate of drug-likeness (QED) is 0.145. The maximum Gasteiger partial charge on any atom is 0.313 e. The van der Waals surface area contributed by atoms with E-state index in [2.05, 4.69) is 37.9 Å². The molecule has 0 saturated heterocycles. The zero-order chi connectivity index (χ0) is 19.8. The van der Waals surface area contributed by atoms with Crippen molar-refractivity contribution in [2.45, 2.75) is 6.42 Å². The number of hydrogen-bond acceptors (Lipinski definition) is 10. The Labute approximate surface area is 165 Å². The SMILES string of the molecule is O=C(O)CCS.O=C(O)CS.O=C(O)CS.OCCSSCCO. The largest absolute Gasteiger partial charge is 0.481 e. The van der Waals surface area contributed by atoms with E-state index in [1.807, 2.05) is 0 Å². The van der Waals surface area contributed by atoms with E-state index in [0.29, 0.717) is 5.75 Å². The highest BCUT2D eigenvalue weighted by Crippen LogP contribution is 2.18. The first-order chi connectivity index (χ1) is 11.2. The van der Waals surface area contributed by atoms with Crippen molar-refractivity contribution < 1.29 is 39.9 Å². The third-order valence-corrected chi connectivity index (χ3v) is 4.16. The van der Waals surface area contributed by atoms with Gasteiger partial charge in [0.25, 0.3) is 0 Å². The lowest BCUT2D eigenvalue weighted by atomic mass is 10.5. The number of hydrogen-bond donors (Lipinski definition) is 8. The molecule has 0 atom stereocenters. The van der Waals surface area contributed by atoms with Crippen LogP contribution in [-0.4, -0.2) is 85.4 Å². The summed E-state index contributed by atoms with van der Waals surface area (Å²) in [7, 11) is 3.17. The van der Waals surface area contributed by atoms with Gasteiger partial charge >= 0.3 is 17.9 Å². The molecule has 24 heavy (non-hydrogen) atoms. The summed E-state index contributed by atoms with van der Waals surface area (Å²) in [5.41, 5.74) is 0. The minimum Gasteiger partial charge on any atom is -0.481 e. The van der Waals surface area contributed by atoms with Gasteiger partial charge in [0, 0.05) is 17.3 Å². The van der Waals surface area contributed by atoms with Crippen LogP contribution in [0.3, 0.4) is 0 Å². The number of rotatable bonds is 9. The van der Waals surface area contributed by atoms with E-state index in [1.54, 1.807) is 21.6 Å². The van der Waals surface area contributed by atoms with E-state index in [9.17, 15) is 14.4 Å². The first-order valence-electron chi connectivity index (χ1n) is 6.17. The third-order valence-electron chi connectivity index (χ3n) is 1.03. The van der Waals surface area contributed by atoms with E-state index in [1.165, 1.54) is 0 Å². The van der Waals surface area contributed by atoms with Crippen LogP contribution in [-0.2, 0) is 14.4 Å². The molecule has 0 aromatic heterocycles. The summed E-state index contributed by atoms with van der Waals surface area (Å²) < 4.78 is 0. The van der Waals surface area contributed by atoms with Crippen molar-refractivity contribution in [3.63, 3.8) is 0 Å². The molecule has 0 amide bonds. The van der Waals surface area contributed by atoms with Crippen LogP contribution in [0.1, 0.15) is 6.42 Å². The predicted octanol–water partition coefficient (Wildman–Crippen LogP) is 0.745. The van der Waals surface area contributed by atoms with Crippen LogP contribution in [0.2, 0.25) is 0 Å². The fourth-order valence-electron chi connectivity index (χ4n) is 0.288. The Bertz CT molecular complexity index is 274. The Balaban J connectivity index is -0.000000114. The lowest BCUT2D eigenvalue weighted by Gasteiger charge is -1.93. The molecule has 0 unspecified atom stereocenters. The Morgan fingerprint density at radius 2 is 1.00 bits per heavy atom. The van der Waals surface area contributed by atoms with Crippen LogP contribution in [0.5, 0.6) is 0 Å². The number of aliphatic hydroxyl groups excluding tert-OH is 2. The van der Waals surface area contributed by atoms with Crippen molar-refractivity contribution in [1.29, 1.82) is 0 Å². The first kappa shape index (κ1) is 31.8. The normalized spacial score (nSPS) is 8.38. The van der Waals surface area contributed by atoms with Crippen LogP contribution >= 0.6 is 59.5 Å². The summed E-state index contributed by atoms with van der Waals surface area (Å²) in [6.07, 6.45) is 0.156. The molecule has 0 aromatic carbocycles. The summed E-state index contributed by atoms with van der Waals surface area (Å²) in [6, 6.07) is 0. The Morgan fingerprint density at radius 3 is 1.08 bits per heavy atom. The van der Waals surface area contributed by atoms with Gasteiger partial charge in [-0.2, -0.15) is 37.9 Å². The highest BCUT2D eigenvalue weighted by atomic mass is 33.1. The van der Waals surface area contributed by atoms with Crippen molar-refractivity contribution in [2.75, 3.05) is 42.0 Å². The predicted molar refractivity (Wildman–Crippen MR) is 108 cm³/mol. The Morgan fingerprint density at radius 1 is 0.708 bits per heavy atom. The van der Waals surface area contributed by atoms with Gasteiger partial charge in [-0.1, -0.05) is 21.6 Å². The molecule has 0 spiro atoms. The van der Waals surface area contributed by atoms with Crippen LogP contribution in [0.25, 0.3) is 0 Å². The minimum absolute atomic E-state index is 0.0833. The van der Waals surface area contributed by atoms with Crippen LogP contribution in [0.15, 0.2) is 0 Å². The molecule has 0 radical (unpaired) electrons. The van der Waals surface area contributed by atoms with Gasteiger partial charge in [-0.3, -0.25) is 14.4 Å². The molecule has 0 aliphatic rings. The molecule has 0 saturated carbocycles. The van der Waals surface area contributed by atoms with Gasteiger partial charge < -0.3 is 25.5 Å². The van der Waals surface area contributed by atoms with E-state index in [-0.39, 0.29) is 31.1 Å². The van der Waals surface area contributed by atoms with Crippen LogP contribution in [0.4, 0.5) is 0 Å². The van der Waals surface area contributed by atoms with E-state index >= 15 is 0 Å². The standard InChI is InChI=1S/C4H10O2S2.C3H6O2S.2C2H4O2S/c5-1-3-7-8-4-2-6;4-3(5)1-2-6;2*3-2(4)1-5/h5-6H,1-4H2;6H,1-2H2,(H,4,5);2*5H,1H2,(H,3,4). The molecular formula is C11H24O8S5. The van der Waals surface area contributed by atoms with E-state index < -0.39 is 17.9 Å². The van der Waals surface area contributed by atoms with Crippen molar-refractivity contribution in [3.05, 3.63) is 0 Å². The molecule has 0 fully saturated rings. The maximum absolute atomic E-state index is 9.55. The molecule has 0 heterocycles. The summed E-state index contributed by atoms with van der Waals surface area (Å²) in [5, 5.41) is 39.7. The minimum atomic E-state index is -0.881. The fourth-order valence-corrected chi connectivity index (χ4v) is 2.02. The van der Waals surface area contributed by atoms with Gasteiger partial charge in [0.05, 0.1) is 31.1 Å². The second-order valence-electron chi connectivity index (χ2n) is 3.06. The molecular weight excluding hydrogens is 420 g/mol. The first-order valence-corrected chi connectivity index (χ1v) is 10.6. The zero-order valence-corrected chi connectivity index (χ0v) is 17.1. The van der Waals surface area contributed by atoms with E-state index in [0.717, 1.165) is 11.5 Å². The molecule has 0 aliphatic carbocycles. The number of aliphatic carboxylic acids is 3. The lowest BCUT2D eigenvalue weighted by molar-refractivity contribution is -0.137. The van der Waals surface area contributed by atoms with Crippen molar-refractivity contribution >= 4 is 77.4 Å². The summed E-state index contributed by atoms with van der Waals surface area (Å²) in [6.45, 7) is 0.451. The van der Waals surface area contributed by atoms with Gasteiger partial charge in [0.15, 0.2) is 0 Å². The van der Waals surface area contributed by atoms with Crippen molar-refractivity contribution in [1.82, 2.24) is 0 Å². The molecule has 146 valence electrons. The number of thiol groups is 3. The molecule has 0 aromatic rings. The van der Waals surface area contributed by atoms with Crippen LogP contribution in [0, 0.1) is 0 Å². The summed E-state index contributed by atoms with van der Waals surface area (Å²) >= 11 is 10.5. The number of carboxylic acid groups (broad SMARTS) is 3. The lowest BCUT2D eigenvalue weighted by Crippen LogP contribution is -1.93. The molecule has 0 aliphatic heterocycles. The topological polar surface area (TPSA) is 152 Å². The van der Waals surface area contributed by atoms with Gasteiger partial charge in [-0.05, 0) is 0 Å². The molecule has 5 N–H and O–H groups in total. The molecule has 8 nitrogen and oxygen atoms in total. The van der Waals surface area contributed by atoms with Crippen LogP contribution < -0.4 is 0 Å². The van der Waals surface area contributed by atoms with E-state index in [4.69, 9.17) is 25.5 Å². The Kier molecular flexibility index (Phi) is 41.0. The number of carboxylic acids is 3. The second-order valence-corrected chi connectivity index (χ2v) is 6.84. The zero-order valence-electron chi connectivity index (χ0n) is 12.8. The average molecular weight is 445 g/mol. The van der Waals surface area contributed by atoms with Gasteiger partial charge in [0.2, 0.25) is 0 Å². The molecule has 13 heteroatoms. The smallest absolute Gasteiger partial charge is 0.313 e. The van der Waals surface area contributed by atoms with Crippen molar-refractivity contribution in [2.24, 2.45) is 0 Å². The van der Waals surface area contributed by atoms with Gasteiger partial charge in [-0.25, -0.2) is 0 Å². The van der Waals surface area contributed by atoms with Crippen molar-refractivity contribution in [3.8, 4) is 0 Å². The second kappa shape index (κ2) is 30.9. The maximum atomic E-state index is 9.55.